The van der Waals surface area contributed by atoms with Crippen LogP contribution >= 0.6 is 0 Å². The Hall–Kier alpha value is -3.85. The van der Waals surface area contributed by atoms with E-state index < -0.39 is 44.9 Å². The Labute approximate surface area is 251 Å². The molecule has 2 N–H and O–H groups in total. The zero-order valence-corrected chi connectivity index (χ0v) is 25.4. The van der Waals surface area contributed by atoms with Gasteiger partial charge in [0.05, 0.1) is 23.1 Å². The first kappa shape index (κ1) is 30.6. The molecule has 2 fully saturated rings. The van der Waals surface area contributed by atoms with E-state index in [1.807, 2.05) is 38.1 Å². The number of carbonyl (C=O) groups is 1. The number of alkyl halides is 1. The minimum atomic E-state index is -2.15. The SMILES string of the molecule is CN=S1(=O)CCN(c2ccc(-c3cn(-c4ncccc4F)nc3C3CCC(F)CC3(C(N)=O)[C@@H](C#N)C(C)C)cc2)CC1. The Morgan fingerprint density at radius 1 is 1.21 bits per heavy atom. The van der Waals surface area contributed by atoms with Crippen LogP contribution in [-0.4, -0.2) is 62.7 Å². The van der Waals surface area contributed by atoms with Gasteiger partial charge in [0.2, 0.25) is 5.91 Å². The zero-order chi connectivity index (χ0) is 30.9. The molecule has 1 saturated carbocycles. The van der Waals surface area contributed by atoms with Crippen LogP contribution in [0.25, 0.3) is 16.9 Å². The molecular formula is C31H37F2N7O2S. The molecule has 4 atom stereocenters. The molecule has 1 saturated heterocycles. The highest BCUT2D eigenvalue weighted by Crippen LogP contribution is 2.55. The van der Waals surface area contributed by atoms with Crippen molar-refractivity contribution in [3.8, 4) is 23.0 Å². The molecule has 12 heteroatoms. The highest BCUT2D eigenvalue weighted by atomic mass is 32.2. The molecule has 3 aromatic rings. The number of rotatable bonds is 7. The van der Waals surface area contributed by atoms with Crippen molar-refractivity contribution in [1.82, 2.24) is 14.8 Å². The van der Waals surface area contributed by atoms with Gasteiger partial charge in [-0.25, -0.2) is 27.0 Å². The highest BCUT2D eigenvalue weighted by Gasteiger charge is 2.56. The van der Waals surface area contributed by atoms with E-state index in [1.54, 1.807) is 13.2 Å². The summed E-state index contributed by atoms with van der Waals surface area (Å²) in [7, 11) is -0.549. The first-order valence-corrected chi connectivity index (χ1v) is 16.4. The summed E-state index contributed by atoms with van der Waals surface area (Å²) in [5.41, 5.74) is 7.35. The van der Waals surface area contributed by atoms with Crippen LogP contribution in [-0.2, 0) is 14.5 Å². The number of hydrogen-bond acceptors (Lipinski definition) is 7. The van der Waals surface area contributed by atoms with E-state index in [2.05, 4.69) is 20.3 Å². The summed E-state index contributed by atoms with van der Waals surface area (Å²) < 4.78 is 48.1. The van der Waals surface area contributed by atoms with Crippen LogP contribution in [0.2, 0.25) is 0 Å². The second kappa shape index (κ2) is 12.0. The molecular weight excluding hydrogens is 572 g/mol. The predicted molar refractivity (Wildman–Crippen MR) is 162 cm³/mol. The minimum Gasteiger partial charge on any atom is -0.370 e. The number of primary amides is 1. The topological polar surface area (TPSA) is 130 Å². The highest BCUT2D eigenvalue weighted by molar-refractivity contribution is 7.93. The lowest BCUT2D eigenvalue weighted by Gasteiger charge is -2.46. The first-order chi connectivity index (χ1) is 20.5. The molecule has 1 aromatic carbocycles. The van der Waals surface area contributed by atoms with E-state index in [9.17, 15) is 18.7 Å². The molecule has 43 heavy (non-hydrogen) atoms. The molecule has 2 aliphatic rings. The molecule has 3 heterocycles. The monoisotopic (exact) mass is 609 g/mol. The minimum absolute atomic E-state index is 0.0191. The summed E-state index contributed by atoms with van der Waals surface area (Å²) in [5, 5.41) is 15.0. The standard InChI is InChI=1S/C31H37F2N7O2S/c1-20(2)26(18-34)31(30(35)41)17-22(32)8-11-25(31)28-24(19-40(38-28)29-27(33)5-4-12-37-29)21-6-9-23(10-7-21)39-13-15-43(42,36-3)16-14-39/h4-7,9-10,12,19-20,22,25-26H,8,11,13-17H2,1-3H3,(H2,35,41)/t22?,25?,26-,31?/m0/s1. The number of nitriles is 1. The molecule has 0 radical (unpaired) electrons. The largest absolute Gasteiger partial charge is 0.370 e. The summed E-state index contributed by atoms with van der Waals surface area (Å²) >= 11 is 0. The van der Waals surface area contributed by atoms with Gasteiger partial charge in [-0.2, -0.15) is 10.4 Å². The van der Waals surface area contributed by atoms with Crippen molar-refractivity contribution in [2.75, 3.05) is 36.5 Å². The summed E-state index contributed by atoms with van der Waals surface area (Å²) in [6.07, 6.45) is 2.08. The van der Waals surface area contributed by atoms with Crippen LogP contribution in [0.4, 0.5) is 14.5 Å². The molecule has 5 rings (SSSR count). The van der Waals surface area contributed by atoms with Gasteiger partial charge in [-0.15, -0.1) is 0 Å². The van der Waals surface area contributed by atoms with Crippen LogP contribution in [0.1, 0.15) is 44.7 Å². The number of pyridine rings is 1. The van der Waals surface area contributed by atoms with Crippen LogP contribution in [0, 0.1) is 34.4 Å². The van der Waals surface area contributed by atoms with Crippen molar-refractivity contribution in [3.05, 3.63) is 60.3 Å². The van der Waals surface area contributed by atoms with Gasteiger partial charge >= 0.3 is 0 Å². The van der Waals surface area contributed by atoms with Gasteiger partial charge in [0.15, 0.2) is 11.6 Å². The third kappa shape index (κ3) is 5.62. The number of carbonyl (C=O) groups excluding carboxylic acids is 1. The second-order valence-corrected chi connectivity index (χ2v) is 14.5. The van der Waals surface area contributed by atoms with E-state index in [0.29, 0.717) is 35.9 Å². The molecule has 1 amide bonds. The quantitative estimate of drug-likeness (QED) is 0.407. The molecule has 3 unspecified atom stereocenters. The molecule has 0 spiro atoms. The van der Waals surface area contributed by atoms with Gasteiger partial charge in [0.25, 0.3) is 0 Å². The van der Waals surface area contributed by atoms with Gasteiger partial charge in [0.1, 0.15) is 6.17 Å². The van der Waals surface area contributed by atoms with Gasteiger partial charge in [-0.3, -0.25) is 4.79 Å². The summed E-state index contributed by atoms with van der Waals surface area (Å²) in [4.78, 5) is 19.7. The zero-order valence-electron chi connectivity index (χ0n) is 24.6. The lowest BCUT2D eigenvalue weighted by Crippen LogP contribution is -2.52. The van der Waals surface area contributed by atoms with Gasteiger partial charge < -0.3 is 10.6 Å². The number of benzene rings is 1. The van der Waals surface area contributed by atoms with Crippen molar-refractivity contribution in [1.29, 1.82) is 5.26 Å². The number of nitrogens with zero attached hydrogens (tertiary/aromatic N) is 6. The van der Waals surface area contributed by atoms with E-state index >= 15 is 4.39 Å². The van der Waals surface area contributed by atoms with Crippen molar-refractivity contribution < 1.29 is 17.8 Å². The molecule has 1 aliphatic heterocycles. The van der Waals surface area contributed by atoms with E-state index in [-0.39, 0.29) is 31.0 Å². The number of hydrogen-bond donors (Lipinski definition) is 1. The summed E-state index contributed by atoms with van der Waals surface area (Å²) in [5.74, 6) is -2.15. The van der Waals surface area contributed by atoms with E-state index in [4.69, 9.17) is 10.8 Å². The average Bonchev–Trinajstić information content (AvgIpc) is 3.43. The number of amides is 1. The molecule has 1 aliphatic carbocycles. The lowest BCUT2D eigenvalue weighted by molar-refractivity contribution is -0.136. The normalized spacial score (nSPS) is 24.3. The van der Waals surface area contributed by atoms with Crippen LogP contribution in [0.15, 0.2) is 53.2 Å². The fraction of sp³-hybridized carbons (Fsp3) is 0.484. The Bertz CT molecular complexity index is 1640. The van der Waals surface area contributed by atoms with Gasteiger partial charge in [0, 0.05) is 70.9 Å². The van der Waals surface area contributed by atoms with Gasteiger partial charge in [-0.1, -0.05) is 26.0 Å². The summed E-state index contributed by atoms with van der Waals surface area (Å²) in [6.45, 7) is 4.89. The fourth-order valence-corrected chi connectivity index (χ4v) is 8.34. The third-order valence-electron chi connectivity index (χ3n) is 9.03. The molecule has 228 valence electrons. The molecule has 2 aromatic heterocycles. The number of anilines is 1. The van der Waals surface area contributed by atoms with Crippen molar-refractivity contribution in [2.45, 2.75) is 45.2 Å². The number of aromatic nitrogens is 3. The first-order valence-electron chi connectivity index (χ1n) is 14.5. The Balaban J connectivity index is 1.63. The predicted octanol–water partition coefficient (Wildman–Crippen LogP) is 4.86. The molecule has 0 bridgehead atoms. The summed E-state index contributed by atoms with van der Waals surface area (Å²) in [6, 6.07) is 12.8. The Morgan fingerprint density at radius 3 is 2.49 bits per heavy atom. The lowest BCUT2D eigenvalue weighted by atomic mass is 9.55. The molecule has 9 nitrogen and oxygen atoms in total. The Morgan fingerprint density at radius 2 is 1.91 bits per heavy atom. The van der Waals surface area contributed by atoms with Crippen molar-refractivity contribution >= 4 is 21.3 Å². The second-order valence-electron chi connectivity index (χ2n) is 11.8. The smallest absolute Gasteiger partial charge is 0.225 e. The van der Waals surface area contributed by atoms with Crippen LogP contribution in [0.5, 0.6) is 0 Å². The van der Waals surface area contributed by atoms with Crippen molar-refractivity contribution in [3.63, 3.8) is 0 Å². The van der Waals surface area contributed by atoms with Crippen molar-refractivity contribution in [2.24, 2.45) is 27.3 Å². The van der Waals surface area contributed by atoms with Crippen LogP contribution in [0.3, 0.4) is 0 Å². The third-order valence-corrected chi connectivity index (χ3v) is 11.3. The van der Waals surface area contributed by atoms with E-state index in [0.717, 1.165) is 11.3 Å². The number of nitrogens with two attached hydrogens (primary N) is 1. The fourth-order valence-electron chi connectivity index (χ4n) is 6.76. The van der Waals surface area contributed by atoms with E-state index in [1.165, 1.54) is 23.0 Å². The van der Waals surface area contributed by atoms with Gasteiger partial charge in [-0.05, 0) is 55.0 Å². The maximum atomic E-state index is 15.1. The number of halogens is 2. The van der Waals surface area contributed by atoms with Crippen LogP contribution < -0.4 is 10.6 Å². The maximum absolute atomic E-state index is 15.1. The maximum Gasteiger partial charge on any atom is 0.225 e. The average molecular weight is 610 g/mol. The Kier molecular flexibility index (Phi) is 8.56.